The average Bonchev–Trinajstić information content (AvgIpc) is 2.98. The average molecular weight is 332 g/mol. The molecule has 1 saturated heterocycles. The third kappa shape index (κ3) is 5.52. The summed E-state index contributed by atoms with van der Waals surface area (Å²) in [5.74, 6) is -0.419. The lowest BCUT2D eigenvalue weighted by Crippen LogP contribution is -2.46. The van der Waals surface area contributed by atoms with Crippen molar-refractivity contribution in [3.05, 3.63) is 0 Å². The van der Waals surface area contributed by atoms with Crippen LogP contribution in [0.4, 0.5) is 0 Å². The van der Waals surface area contributed by atoms with Crippen molar-refractivity contribution in [2.45, 2.75) is 64.0 Å². The van der Waals surface area contributed by atoms with Crippen LogP contribution in [0.25, 0.3) is 0 Å². The summed E-state index contributed by atoms with van der Waals surface area (Å²) < 4.78 is 31.8. The van der Waals surface area contributed by atoms with Gasteiger partial charge in [-0.2, -0.15) is 0 Å². The lowest BCUT2D eigenvalue weighted by molar-refractivity contribution is -0.119. The van der Waals surface area contributed by atoms with Gasteiger partial charge in [0.1, 0.15) is 5.75 Å². The smallest absolute Gasteiger partial charge is 0.236 e. The van der Waals surface area contributed by atoms with E-state index in [1.165, 1.54) is 6.42 Å². The molecule has 2 N–H and O–H groups in total. The van der Waals surface area contributed by atoms with E-state index in [0.717, 1.165) is 38.5 Å². The molecule has 2 rings (SSSR count). The first kappa shape index (κ1) is 17.7. The molecular formula is C15H28N2O4S. The molecular weight excluding hydrogens is 304 g/mol. The third-order valence-corrected chi connectivity index (χ3v) is 5.90. The summed E-state index contributed by atoms with van der Waals surface area (Å²) in [5, 5.41) is 2.91. The van der Waals surface area contributed by atoms with Gasteiger partial charge in [-0.1, -0.05) is 26.2 Å². The summed E-state index contributed by atoms with van der Waals surface area (Å²) in [6.07, 6.45) is 7.17. The van der Waals surface area contributed by atoms with Crippen LogP contribution in [0, 0.1) is 5.92 Å². The first-order chi connectivity index (χ1) is 10.5. The van der Waals surface area contributed by atoms with Gasteiger partial charge in [0.05, 0.1) is 6.10 Å². The summed E-state index contributed by atoms with van der Waals surface area (Å²) in [6.45, 7) is 3.07. The zero-order valence-electron chi connectivity index (χ0n) is 13.3. The number of hydrogen-bond donors (Lipinski definition) is 2. The number of carbonyl (C=O) groups is 1. The van der Waals surface area contributed by atoms with Gasteiger partial charge >= 0.3 is 0 Å². The molecule has 128 valence electrons. The SMILES string of the molecule is CCC1CCCCC1NC(=O)CS(=O)(=O)NCC1CCCO1. The minimum atomic E-state index is -3.59. The number of ether oxygens (including phenoxy) is 1. The molecule has 3 atom stereocenters. The van der Waals surface area contributed by atoms with Crippen molar-refractivity contribution in [1.29, 1.82) is 0 Å². The molecule has 2 aliphatic rings. The fourth-order valence-electron chi connectivity index (χ4n) is 3.38. The summed E-state index contributed by atoms with van der Waals surface area (Å²) in [6, 6.07) is 0.125. The van der Waals surface area contributed by atoms with Crippen molar-refractivity contribution in [2.24, 2.45) is 5.92 Å². The molecule has 6 nitrogen and oxygen atoms in total. The molecule has 0 aromatic rings. The number of amides is 1. The highest BCUT2D eigenvalue weighted by Crippen LogP contribution is 2.26. The van der Waals surface area contributed by atoms with Crippen molar-refractivity contribution < 1.29 is 17.9 Å². The topological polar surface area (TPSA) is 84.5 Å². The normalized spacial score (nSPS) is 29.4. The summed E-state index contributed by atoms with van der Waals surface area (Å²) in [5.41, 5.74) is 0. The summed E-state index contributed by atoms with van der Waals surface area (Å²) in [4.78, 5) is 12.0. The Morgan fingerprint density at radius 1 is 1.18 bits per heavy atom. The lowest BCUT2D eigenvalue weighted by atomic mass is 9.83. The number of sulfonamides is 1. The van der Waals surface area contributed by atoms with Gasteiger partial charge in [0.2, 0.25) is 15.9 Å². The molecule has 1 amide bonds. The molecule has 0 aromatic heterocycles. The van der Waals surface area contributed by atoms with Crippen molar-refractivity contribution in [1.82, 2.24) is 10.0 Å². The fraction of sp³-hybridized carbons (Fsp3) is 0.933. The van der Waals surface area contributed by atoms with Crippen LogP contribution in [0.1, 0.15) is 51.9 Å². The van der Waals surface area contributed by atoms with E-state index in [9.17, 15) is 13.2 Å². The lowest BCUT2D eigenvalue weighted by Gasteiger charge is -2.31. The van der Waals surface area contributed by atoms with Gasteiger partial charge in [-0.05, 0) is 31.6 Å². The maximum Gasteiger partial charge on any atom is 0.236 e. The van der Waals surface area contributed by atoms with Crippen molar-refractivity contribution in [2.75, 3.05) is 18.9 Å². The number of hydrogen-bond acceptors (Lipinski definition) is 4. The molecule has 1 aliphatic carbocycles. The number of nitrogens with one attached hydrogen (secondary N) is 2. The van der Waals surface area contributed by atoms with Gasteiger partial charge in [-0.15, -0.1) is 0 Å². The van der Waals surface area contributed by atoms with Crippen LogP contribution < -0.4 is 10.0 Å². The molecule has 3 unspecified atom stereocenters. The van der Waals surface area contributed by atoms with Gasteiger partial charge in [-0.3, -0.25) is 4.79 Å². The second kappa shape index (κ2) is 8.26. The molecule has 1 saturated carbocycles. The second-order valence-corrected chi connectivity index (χ2v) is 8.18. The Bertz CT molecular complexity index is 460. The molecule has 1 heterocycles. The van der Waals surface area contributed by atoms with Crippen LogP contribution in [0.5, 0.6) is 0 Å². The van der Waals surface area contributed by atoms with Crippen LogP contribution in [-0.4, -0.2) is 45.4 Å². The van der Waals surface area contributed by atoms with Gasteiger partial charge in [0.25, 0.3) is 0 Å². The highest BCUT2D eigenvalue weighted by Gasteiger charge is 2.27. The number of rotatable bonds is 7. The number of carbonyl (C=O) groups excluding carboxylic acids is 1. The van der Waals surface area contributed by atoms with E-state index in [1.807, 2.05) is 0 Å². The first-order valence-electron chi connectivity index (χ1n) is 8.38. The third-order valence-electron chi connectivity index (χ3n) is 4.66. The van der Waals surface area contributed by atoms with E-state index in [0.29, 0.717) is 12.5 Å². The van der Waals surface area contributed by atoms with Crippen LogP contribution in [0.2, 0.25) is 0 Å². The minimum absolute atomic E-state index is 0.0550. The van der Waals surface area contributed by atoms with E-state index in [4.69, 9.17) is 4.74 Å². The Morgan fingerprint density at radius 2 is 1.95 bits per heavy atom. The largest absolute Gasteiger partial charge is 0.377 e. The molecule has 0 aromatic carbocycles. The quantitative estimate of drug-likeness (QED) is 0.733. The van der Waals surface area contributed by atoms with E-state index >= 15 is 0 Å². The second-order valence-electron chi connectivity index (χ2n) is 6.37. The highest BCUT2D eigenvalue weighted by atomic mass is 32.2. The summed E-state index contributed by atoms with van der Waals surface area (Å²) >= 11 is 0. The monoisotopic (exact) mass is 332 g/mol. The zero-order chi connectivity index (χ0) is 16.0. The van der Waals surface area contributed by atoms with Gasteiger partial charge < -0.3 is 10.1 Å². The standard InChI is InChI=1S/C15H28N2O4S/c1-2-12-6-3-4-8-14(12)17-15(18)11-22(19,20)16-10-13-7-5-9-21-13/h12-14,16H,2-11H2,1H3,(H,17,18). The van der Waals surface area contributed by atoms with Crippen molar-refractivity contribution >= 4 is 15.9 Å². The molecule has 22 heavy (non-hydrogen) atoms. The van der Waals surface area contributed by atoms with E-state index in [-0.39, 0.29) is 18.7 Å². The van der Waals surface area contributed by atoms with Gasteiger partial charge in [0, 0.05) is 19.2 Å². The fourth-order valence-corrected chi connectivity index (χ4v) is 4.35. The molecule has 0 bridgehead atoms. The van der Waals surface area contributed by atoms with Crippen molar-refractivity contribution in [3.8, 4) is 0 Å². The molecule has 2 fully saturated rings. The zero-order valence-corrected chi connectivity index (χ0v) is 14.2. The van der Waals surface area contributed by atoms with Gasteiger partial charge in [0.15, 0.2) is 0 Å². The Morgan fingerprint density at radius 3 is 2.64 bits per heavy atom. The Hall–Kier alpha value is -0.660. The first-order valence-corrected chi connectivity index (χ1v) is 10.0. The van der Waals surface area contributed by atoms with Crippen molar-refractivity contribution in [3.63, 3.8) is 0 Å². The minimum Gasteiger partial charge on any atom is -0.377 e. The van der Waals surface area contributed by atoms with Crippen LogP contribution in [0.15, 0.2) is 0 Å². The van der Waals surface area contributed by atoms with Gasteiger partial charge in [-0.25, -0.2) is 13.1 Å². The predicted octanol–water partition coefficient (Wildman–Crippen LogP) is 1.17. The predicted molar refractivity (Wildman–Crippen MR) is 84.9 cm³/mol. The van der Waals surface area contributed by atoms with Crippen LogP contribution in [0.3, 0.4) is 0 Å². The molecule has 7 heteroatoms. The maximum absolute atomic E-state index is 12.0. The Kier molecular flexibility index (Phi) is 6.65. The summed E-state index contributed by atoms with van der Waals surface area (Å²) in [7, 11) is -3.59. The molecule has 1 aliphatic heterocycles. The Labute approximate surface area is 133 Å². The van der Waals surface area contributed by atoms with E-state index in [2.05, 4.69) is 17.0 Å². The highest BCUT2D eigenvalue weighted by molar-refractivity contribution is 7.90. The Balaban J connectivity index is 1.76. The van der Waals surface area contributed by atoms with E-state index in [1.54, 1.807) is 0 Å². The van der Waals surface area contributed by atoms with E-state index < -0.39 is 21.7 Å². The van der Waals surface area contributed by atoms with Crippen LogP contribution in [-0.2, 0) is 19.6 Å². The molecule has 0 spiro atoms. The maximum atomic E-state index is 12.0. The molecule has 0 radical (unpaired) electrons. The van der Waals surface area contributed by atoms with Crippen LogP contribution >= 0.6 is 0 Å².